The van der Waals surface area contributed by atoms with Crippen LogP contribution in [0.5, 0.6) is 0 Å². The number of hydrogen-bond donors (Lipinski definition) is 1. The molecule has 3 aromatic rings. The number of carbonyl (C=O) groups excluding carboxylic acids is 2. The third kappa shape index (κ3) is 4.74. The van der Waals surface area contributed by atoms with E-state index in [0.29, 0.717) is 11.1 Å². The molecule has 1 fully saturated rings. The van der Waals surface area contributed by atoms with E-state index in [1.807, 2.05) is 38.1 Å². The number of para-hydroxylation sites is 1. The van der Waals surface area contributed by atoms with Crippen molar-refractivity contribution >= 4 is 32.7 Å². The standard InChI is InChI=1S/C24H26N4O4S/c1-17-14-19-7-5-9-21(23(19)25-15-17)33(31,32)28-12-10-27(11-13-28)22(29)16-26-24(30)20-8-4-3-6-18(20)2/h3-9,14-15H,10-13,16H2,1-2H3,(H,26,30). The van der Waals surface area contributed by atoms with Gasteiger partial charge in [-0.05, 0) is 43.2 Å². The third-order valence-corrected chi connectivity index (χ3v) is 7.74. The number of hydrogen-bond acceptors (Lipinski definition) is 5. The molecule has 2 amide bonds. The molecule has 33 heavy (non-hydrogen) atoms. The van der Waals surface area contributed by atoms with Crippen molar-refractivity contribution in [3.05, 3.63) is 71.4 Å². The molecule has 0 bridgehead atoms. The van der Waals surface area contributed by atoms with E-state index in [4.69, 9.17) is 0 Å². The van der Waals surface area contributed by atoms with Gasteiger partial charge in [-0.25, -0.2) is 8.42 Å². The molecule has 0 saturated carbocycles. The number of sulfonamides is 1. The molecule has 172 valence electrons. The van der Waals surface area contributed by atoms with Gasteiger partial charge in [0.25, 0.3) is 5.91 Å². The van der Waals surface area contributed by atoms with Crippen molar-refractivity contribution in [2.24, 2.45) is 0 Å². The van der Waals surface area contributed by atoms with Crippen LogP contribution in [-0.2, 0) is 14.8 Å². The van der Waals surface area contributed by atoms with Crippen molar-refractivity contribution in [2.75, 3.05) is 32.7 Å². The van der Waals surface area contributed by atoms with E-state index >= 15 is 0 Å². The predicted molar refractivity (Wildman–Crippen MR) is 125 cm³/mol. The molecular formula is C24H26N4O4S. The molecule has 1 aliphatic heterocycles. The highest BCUT2D eigenvalue weighted by Crippen LogP contribution is 2.25. The summed E-state index contributed by atoms with van der Waals surface area (Å²) in [5, 5.41) is 3.43. The number of nitrogens with zero attached hydrogens (tertiary/aromatic N) is 3. The Bertz CT molecular complexity index is 1320. The van der Waals surface area contributed by atoms with E-state index in [9.17, 15) is 18.0 Å². The Hall–Kier alpha value is -3.30. The van der Waals surface area contributed by atoms with Gasteiger partial charge in [-0.15, -0.1) is 0 Å². The maximum absolute atomic E-state index is 13.3. The predicted octanol–water partition coefficient (Wildman–Crippen LogP) is 2.11. The van der Waals surface area contributed by atoms with E-state index in [0.717, 1.165) is 16.5 Å². The second kappa shape index (κ2) is 9.29. The highest BCUT2D eigenvalue weighted by molar-refractivity contribution is 7.89. The zero-order valence-corrected chi connectivity index (χ0v) is 19.4. The average Bonchev–Trinajstić information content (AvgIpc) is 2.82. The largest absolute Gasteiger partial charge is 0.343 e. The molecule has 1 saturated heterocycles. The van der Waals surface area contributed by atoms with Crippen molar-refractivity contribution in [1.29, 1.82) is 0 Å². The summed E-state index contributed by atoms with van der Waals surface area (Å²) in [5.74, 6) is -0.544. The van der Waals surface area contributed by atoms with Gasteiger partial charge >= 0.3 is 0 Å². The number of aromatic nitrogens is 1. The minimum Gasteiger partial charge on any atom is -0.343 e. The van der Waals surface area contributed by atoms with E-state index in [-0.39, 0.29) is 49.4 Å². The van der Waals surface area contributed by atoms with Gasteiger partial charge in [-0.3, -0.25) is 14.6 Å². The third-order valence-electron chi connectivity index (χ3n) is 5.81. The summed E-state index contributed by atoms with van der Waals surface area (Å²) in [6.07, 6.45) is 1.66. The van der Waals surface area contributed by atoms with Gasteiger partial charge in [-0.1, -0.05) is 30.3 Å². The Morgan fingerprint density at radius 3 is 2.45 bits per heavy atom. The normalized spacial score (nSPS) is 14.9. The second-order valence-corrected chi connectivity index (χ2v) is 10.0. The Labute approximate surface area is 193 Å². The second-order valence-electron chi connectivity index (χ2n) is 8.12. The molecule has 2 aromatic carbocycles. The van der Waals surface area contributed by atoms with E-state index in [2.05, 4.69) is 10.3 Å². The van der Waals surface area contributed by atoms with E-state index < -0.39 is 10.0 Å². The first kappa shape index (κ1) is 22.9. The van der Waals surface area contributed by atoms with E-state index in [1.54, 1.807) is 35.4 Å². The minimum absolute atomic E-state index is 0.132. The van der Waals surface area contributed by atoms with Gasteiger partial charge in [0.15, 0.2) is 0 Å². The smallest absolute Gasteiger partial charge is 0.251 e. The molecule has 1 aliphatic rings. The van der Waals surface area contributed by atoms with Crippen molar-refractivity contribution in [2.45, 2.75) is 18.7 Å². The molecule has 9 heteroatoms. The molecule has 4 rings (SSSR count). The van der Waals surface area contributed by atoms with Gasteiger partial charge < -0.3 is 10.2 Å². The average molecular weight is 467 g/mol. The lowest BCUT2D eigenvalue weighted by Crippen LogP contribution is -2.52. The molecule has 0 spiro atoms. The summed E-state index contributed by atoms with van der Waals surface area (Å²) in [5.41, 5.74) is 2.76. The van der Waals surface area contributed by atoms with Crippen molar-refractivity contribution < 1.29 is 18.0 Å². The fraction of sp³-hybridized carbons (Fsp3) is 0.292. The van der Waals surface area contributed by atoms with Crippen LogP contribution in [0.3, 0.4) is 0 Å². The SMILES string of the molecule is Cc1cnc2c(S(=O)(=O)N3CCN(C(=O)CNC(=O)c4ccccc4C)CC3)cccc2c1. The highest BCUT2D eigenvalue weighted by atomic mass is 32.2. The number of amides is 2. The number of carbonyl (C=O) groups is 2. The van der Waals surface area contributed by atoms with Crippen LogP contribution in [0.1, 0.15) is 21.5 Å². The zero-order chi connectivity index (χ0) is 23.6. The van der Waals surface area contributed by atoms with Crippen LogP contribution in [0.25, 0.3) is 10.9 Å². The zero-order valence-electron chi connectivity index (χ0n) is 18.6. The summed E-state index contributed by atoms with van der Waals surface area (Å²) in [4.78, 5) is 31.0. The van der Waals surface area contributed by atoms with Gasteiger partial charge in [0, 0.05) is 43.3 Å². The number of pyridine rings is 1. The number of fused-ring (bicyclic) bond motifs is 1. The molecule has 1 aromatic heterocycles. The Kier molecular flexibility index (Phi) is 6.44. The highest BCUT2D eigenvalue weighted by Gasteiger charge is 2.31. The lowest BCUT2D eigenvalue weighted by Gasteiger charge is -2.34. The summed E-state index contributed by atoms with van der Waals surface area (Å²) in [7, 11) is -3.75. The van der Waals surface area contributed by atoms with Crippen LogP contribution >= 0.6 is 0 Å². The van der Waals surface area contributed by atoms with Gasteiger partial charge in [0.1, 0.15) is 4.90 Å². The van der Waals surface area contributed by atoms with Crippen LogP contribution < -0.4 is 5.32 Å². The van der Waals surface area contributed by atoms with Crippen molar-refractivity contribution in [3.63, 3.8) is 0 Å². The van der Waals surface area contributed by atoms with Crippen molar-refractivity contribution in [1.82, 2.24) is 19.5 Å². The molecule has 8 nitrogen and oxygen atoms in total. The summed E-state index contributed by atoms with van der Waals surface area (Å²) in [6.45, 7) is 4.50. The Morgan fingerprint density at radius 2 is 1.73 bits per heavy atom. The van der Waals surface area contributed by atoms with Crippen LogP contribution in [0.15, 0.2) is 59.6 Å². The number of nitrogens with one attached hydrogen (secondary N) is 1. The quantitative estimate of drug-likeness (QED) is 0.621. The Balaban J connectivity index is 1.39. The van der Waals surface area contributed by atoms with Crippen LogP contribution in [0.4, 0.5) is 0 Å². The Morgan fingerprint density at radius 1 is 1.00 bits per heavy atom. The van der Waals surface area contributed by atoms with Crippen LogP contribution in [-0.4, -0.2) is 67.1 Å². The molecule has 0 aliphatic carbocycles. The summed E-state index contributed by atoms with van der Waals surface area (Å²) >= 11 is 0. The number of benzene rings is 2. The number of piperazine rings is 1. The summed E-state index contributed by atoms with van der Waals surface area (Å²) < 4.78 is 28.0. The van der Waals surface area contributed by atoms with Gasteiger partial charge in [0.2, 0.25) is 15.9 Å². The van der Waals surface area contributed by atoms with Crippen LogP contribution in [0.2, 0.25) is 0 Å². The first-order valence-corrected chi connectivity index (χ1v) is 12.2. The lowest BCUT2D eigenvalue weighted by atomic mass is 10.1. The fourth-order valence-corrected chi connectivity index (χ4v) is 5.55. The van der Waals surface area contributed by atoms with Gasteiger partial charge in [-0.2, -0.15) is 4.31 Å². The minimum atomic E-state index is -3.75. The lowest BCUT2D eigenvalue weighted by molar-refractivity contribution is -0.131. The molecule has 0 radical (unpaired) electrons. The summed E-state index contributed by atoms with van der Waals surface area (Å²) in [6, 6.07) is 14.2. The molecule has 0 unspecified atom stereocenters. The molecule has 0 atom stereocenters. The first-order valence-electron chi connectivity index (χ1n) is 10.7. The van der Waals surface area contributed by atoms with Gasteiger partial charge in [0.05, 0.1) is 12.1 Å². The van der Waals surface area contributed by atoms with Crippen molar-refractivity contribution in [3.8, 4) is 0 Å². The van der Waals surface area contributed by atoms with Crippen LogP contribution in [0, 0.1) is 13.8 Å². The fourth-order valence-electron chi connectivity index (χ4n) is 3.96. The molecule has 1 N–H and O–H groups in total. The maximum Gasteiger partial charge on any atom is 0.251 e. The van der Waals surface area contributed by atoms with E-state index in [1.165, 1.54) is 4.31 Å². The number of rotatable bonds is 5. The maximum atomic E-state index is 13.3. The number of aryl methyl sites for hydroxylation is 2. The first-order chi connectivity index (χ1) is 15.8. The molecular weight excluding hydrogens is 440 g/mol. The molecule has 2 heterocycles. The monoisotopic (exact) mass is 466 g/mol. The topological polar surface area (TPSA) is 99.7 Å².